The van der Waals surface area contributed by atoms with Crippen LogP contribution in [0.25, 0.3) is 5.69 Å². The molecule has 0 atom stereocenters. The second-order valence-corrected chi connectivity index (χ2v) is 5.18. The fraction of sp³-hybridized carbons (Fsp3) is 0.0588. The standard InChI is InChI=1S/C17H13ClN4O/c1-12-15(20-19-13-8-4-2-5-9-13)16(17(18)23)22(21-12)14-10-6-3-7-11-14/h2-11H,1H3. The van der Waals surface area contributed by atoms with Gasteiger partial charge in [0, 0.05) is 0 Å². The summed E-state index contributed by atoms with van der Waals surface area (Å²) in [4.78, 5) is 11.9. The Hall–Kier alpha value is -2.79. The molecule has 0 saturated carbocycles. The normalized spacial score (nSPS) is 11.0. The third-order valence-corrected chi connectivity index (χ3v) is 3.42. The van der Waals surface area contributed by atoms with Crippen LogP contribution in [0.4, 0.5) is 11.4 Å². The van der Waals surface area contributed by atoms with E-state index < -0.39 is 5.24 Å². The third-order valence-electron chi connectivity index (χ3n) is 3.24. The lowest BCUT2D eigenvalue weighted by Crippen LogP contribution is -2.04. The lowest BCUT2D eigenvalue weighted by atomic mass is 10.3. The third kappa shape index (κ3) is 3.19. The van der Waals surface area contributed by atoms with Crippen LogP contribution in [0.3, 0.4) is 0 Å². The summed E-state index contributed by atoms with van der Waals surface area (Å²) in [5.74, 6) is 0. The molecule has 0 radical (unpaired) electrons. The van der Waals surface area contributed by atoms with Gasteiger partial charge in [0.15, 0.2) is 5.69 Å². The lowest BCUT2D eigenvalue weighted by molar-refractivity contribution is 0.107. The van der Waals surface area contributed by atoms with E-state index in [9.17, 15) is 4.79 Å². The van der Waals surface area contributed by atoms with Crippen molar-refractivity contribution in [1.29, 1.82) is 0 Å². The Morgan fingerprint density at radius 2 is 1.61 bits per heavy atom. The Morgan fingerprint density at radius 3 is 2.22 bits per heavy atom. The number of azo groups is 1. The Bertz CT molecular complexity index is 857. The number of hydrogen-bond donors (Lipinski definition) is 0. The van der Waals surface area contributed by atoms with E-state index in [-0.39, 0.29) is 5.69 Å². The molecule has 6 heteroatoms. The molecule has 0 spiro atoms. The van der Waals surface area contributed by atoms with E-state index >= 15 is 0 Å². The van der Waals surface area contributed by atoms with E-state index in [1.54, 1.807) is 6.92 Å². The predicted octanol–water partition coefficient (Wildman–Crippen LogP) is 4.98. The van der Waals surface area contributed by atoms with Gasteiger partial charge in [-0.05, 0) is 42.8 Å². The second-order valence-electron chi connectivity index (χ2n) is 4.84. The highest BCUT2D eigenvalue weighted by Crippen LogP contribution is 2.29. The molecule has 5 nitrogen and oxygen atoms in total. The Labute approximate surface area is 138 Å². The number of aryl methyl sites for hydroxylation is 1. The first kappa shape index (κ1) is 15.1. The van der Waals surface area contributed by atoms with Gasteiger partial charge in [-0.15, -0.1) is 5.11 Å². The van der Waals surface area contributed by atoms with Crippen LogP contribution >= 0.6 is 11.6 Å². The highest BCUT2D eigenvalue weighted by molar-refractivity contribution is 6.68. The number of rotatable bonds is 4. The molecule has 3 rings (SSSR count). The zero-order chi connectivity index (χ0) is 16.2. The minimum Gasteiger partial charge on any atom is -0.274 e. The van der Waals surface area contributed by atoms with Gasteiger partial charge in [0.25, 0.3) is 5.24 Å². The summed E-state index contributed by atoms with van der Waals surface area (Å²) < 4.78 is 1.49. The molecule has 0 unspecified atom stereocenters. The van der Waals surface area contributed by atoms with Crippen molar-refractivity contribution in [2.75, 3.05) is 0 Å². The summed E-state index contributed by atoms with van der Waals surface area (Å²) >= 11 is 5.76. The highest BCUT2D eigenvalue weighted by Gasteiger charge is 2.21. The van der Waals surface area contributed by atoms with Crippen molar-refractivity contribution in [3.8, 4) is 5.69 Å². The van der Waals surface area contributed by atoms with Crippen LogP contribution in [-0.4, -0.2) is 15.0 Å². The molecule has 0 bridgehead atoms. The zero-order valence-corrected chi connectivity index (χ0v) is 13.1. The summed E-state index contributed by atoms with van der Waals surface area (Å²) in [5, 5.41) is 12.1. The number of carbonyl (C=O) groups excluding carboxylic acids is 1. The number of halogens is 1. The average molecular weight is 325 g/mol. The van der Waals surface area contributed by atoms with E-state index in [0.717, 1.165) is 5.69 Å². The van der Waals surface area contributed by atoms with E-state index in [1.165, 1.54) is 4.68 Å². The Balaban J connectivity index is 2.09. The average Bonchev–Trinajstić information content (AvgIpc) is 2.91. The molecule has 0 aliphatic carbocycles. The van der Waals surface area contributed by atoms with Crippen LogP contribution in [-0.2, 0) is 0 Å². The second kappa shape index (κ2) is 6.54. The monoisotopic (exact) mass is 324 g/mol. The van der Waals surface area contributed by atoms with Crippen molar-refractivity contribution in [1.82, 2.24) is 9.78 Å². The molecule has 1 aromatic heterocycles. The number of benzene rings is 2. The van der Waals surface area contributed by atoms with Crippen LogP contribution in [0.2, 0.25) is 0 Å². The summed E-state index contributed by atoms with van der Waals surface area (Å²) in [6, 6.07) is 18.6. The van der Waals surface area contributed by atoms with Crippen LogP contribution in [0.15, 0.2) is 70.9 Å². The largest absolute Gasteiger partial charge is 0.274 e. The maximum absolute atomic E-state index is 11.9. The van der Waals surface area contributed by atoms with Gasteiger partial charge in [-0.1, -0.05) is 36.4 Å². The molecule has 0 N–H and O–H groups in total. The number of aromatic nitrogens is 2. The van der Waals surface area contributed by atoms with Gasteiger partial charge in [0.05, 0.1) is 17.1 Å². The summed E-state index contributed by atoms with van der Waals surface area (Å²) in [7, 11) is 0. The van der Waals surface area contributed by atoms with Gasteiger partial charge in [0.2, 0.25) is 0 Å². The van der Waals surface area contributed by atoms with E-state index in [0.29, 0.717) is 17.1 Å². The zero-order valence-electron chi connectivity index (χ0n) is 12.3. The smallest absolute Gasteiger partial charge is 0.273 e. The molecule has 0 saturated heterocycles. The number of carbonyl (C=O) groups is 1. The fourth-order valence-electron chi connectivity index (χ4n) is 2.17. The van der Waals surface area contributed by atoms with Crippen molar-refractivity contribution in [3.05, 3.63) is 72.1 Å². The molecule has 0 fully saturated rings. The van der Waals surface area contributed by atoms with Gasteiger partial charge < -0.3 is 0 Å². The lowest BCUT2D eigenvalue weighted by Gasteiger charge is -2.03. The van der Waals surface area contributed by atoms with Crippen molar-refractivity contribution >= 4 is 28.2 Å². The van der Waals surface area contributed by atoms with Gasteiger partial charge >= 0.3 is 0 Å². The molecule has 0 amide bonds. The van der Waals surface area contributed by atoms with Gasteiger partial charge in [-0.2, -0.15) is 10.2 Å². The van der Waals surface area contributed by atoms with Crippen molar-refractivity contribution in [3.63, 3.8) is 0 Å². The predicted molar refractivity (Wildman–Crippen MR) is 89.1 cm³/mol. The molecule has 0 aliphatic rings. The summed E-state index contributed by atoms with van der Waals surface area (Å²) in [6.45, 7) is 1.77. The van der Waals surface area contributed by atoms with Crippen LogP contribution in [0, 0.1) is 6.92 Å². The van der Waals surface area contributed by atoms with E-state index in [4.69, 9.17) is 11.6 Å². The molecule has 1 heterocycles. The van der Waals surface area contributed by atoms with Gasteiger partial charge in [-0.25, -0.2) is 4.68 Å². The Morgan fingerprint density at radius 1 is 1.00 bits per heavy atom. The maximum atomic E-state index is 11.9. The first-order chi connectivity index (χ1) is 11.2. The number of para-hydroxylation sites is 1. The number of hydrogen-bond acceptors (Lipinski definition) is 4. The highest BCUT2D eigenvalue weighted by atomic mass is 35.5. The molecule has 114 valence electrons. The molecule has 3 aromatic rings. The van der Waals surface area contributed by atoms with Crippen molar-refractivity contribution in [2.45, 2.75) is 6.92 Å². The maximum Gasteiger partial charge on any atom is 0.273 e. The van der Waals surface area contributed by atoms with Crippen LogP contribution in [0.5, 0.6) is 0 Å². The summed E-state index contributed by atoms with van der Waals surface area (Å²) in [6.07, 6.45) is 0. The first-order valence-corrected chi connectivity index (χ1v) is 7.36. The van der Waals surface area contributed by atoms with E-state index in [2.05, 4.69) is 15.3 Å². The molecule has 2 aromatic carbocycles. The number of nitrogens with zero attached hydrogens (tertiary/aromatic N) is 4. The fourth-order valence-corrected chi connectivity index (χ4v) is 2.34. The minimum absolute atomic E-state index is 0.204. The van der Waals surface area contributed by atoms with Crippen molar-refractivity contribution in [2.24, 2.45) is 10.2 Å². The SMILES string of the molecule is Cc1nn(-c2ccccc2)c(C(=O)Cl)c1N=Nc1ccccc1. The molecule has 0 aliphatic heterocycles. The van der Waals surface area contributed by atoms with Crippen molar-refractivity contribution < 1.29 is 4.79 Å². The van der Waals surface area contributed by atoms with Crippen LogP contribution in [0.1, 0.15) is 16.2 Å². The first-order valence-electron chi connectivity index (χ1n) is 6.98. The molecular weight excluding hydrogens is 312 g/mol. The Kier molecular flexibility index (Phi) is 4.30. The molecule has 23 heavy (non-hydrogen) atoms. The quantitative estimate of drug-likeness (QED) is 0.502. The van der Waals surface area contributed by atoms with Gasteiger partial charge in [-0.3, -0.25) is 4.79 Å². The van der Waals surface area contributed by atoms with Gasteiger partial charge in [0.1, 0.15) is 5.69 Å². The summed E-state index contributed by atoms with van der Waals surface area (Å²) in [5.41, 5.74) is 2.58. The van der Waals surface area contributed by atoms with Crippen LogP contribution < -0.4 is 0 Å². The molecular formula is C17H13ClN4O. The topological polar surface area (TPSA) is 59.6 Å². The van der Waals surface area contributed by atoms with E-state index in [1.807, 2.05) is 60.7 Å². The minimum atomic E-state index is -0.628.